The fourth-order valence-electron chi connectivity index (χ4n) is 1.82. The molecule has 0 amide bonds. The Hall–Kier alpha value is -0.900. The first kappa shape index (κ1) is 14.5. The van der Waals surface area contributed by atoms with Crippen LogP contribution in [-0.4, -0.2) is 0 Å². The van der Waals surface area contributed by atoms with Crippen LogP contribution in [0.5, 0.6) is 0 Å². The van der Waals surface area contributed by atoms with Gasteiger partial charge in [0.1, 0.15) is 5.82 Å². The van der Waals surface area contributed by atoms with Gasteiger partial charge in [-0.25, -0.2) is 4.39 Å². The van der Waals surface area contributed by atoms with Crippen molar-refractivity contribution in [2.45, 2.75) is 19.5 Å². The summed E-state index contributed by atoms with van der Waals surface area (Å²) in [6.45, 7) is 2.60. The van der Waals surface area contributed by atoms with Crippen LogP contribution in [0.15, 0.2) is 46.9 Å². The van der Waals surface area contributed by atoms with Crippen molar-refractivity contribution >= 4 is 27.5 Å². The number of halogens is 3. The van der Waals surface area contributed by atoms with Crippen LogP contribution < -0.4 is 5.32 Å². The Kier molecular flexibility index (Phi) is 4.97. The van der Waals surface area contributed by atoms with Crippen molar-refractivity contribution in [3.05, 3.63) is 68.9 Å². The number of hydrogen-bond acceptors (Lipinski definition) is 1. The first-order valence-electron chi connectivity index (χ1n) is 5.99. The minimum Gasteiger partial charge on any atom is -0.306 e. The van der Waals surface area contributed by atoms with Crippen LogP contribution in [0.25, 0.3) is 0 Å². The van der Waals surface area contributed by atoms with Gasteiger partial charge in [-0.1, -0.05) is 51.8 Å². The summed E-state index contributed by atoms with van der Waals surface area (Å²) in [5, 5.41) is 3.53. The van der Waals surface area contributed by atoms with Crippen molar-refractivity contribution in [3.8, 4) is 0 Å². The van der Waals surface area contributed by atoms with E-state index < -0.39 is 0 Å². The fourth-order valence-corrected chi connectivity index (χ4v) is 2.27. The first-order chi connectivity index (χ1) is 9.08. The summed E-state index contributed by atoms with van der Waals surface area (Å²) in [5.41, 5.74) is 1.95. The molecule has 1 unspecified atom stereocenters. The monoisotopic (exact) mass is 341 g/mol. The maximum absolute atomic E-state index is 13.3. The molecule has 4 heteroatoms. The maximum Gasteiger partial charge on any atom is 0.142 e. The van der Waals surface area contributed by atoms with Gasteiger partial charge in [0.05, 0.1) is 5.02 Å². The molecule has 2 aromatic rings. The van der Waals surface area contributed by atoms with E-state index in [2.05, 4.69) is 40.3 Å². The van der Waals surface area contributed by atoms with Gasteiger partial charge in [-0.15, -0.1) is 0 Å². The fraction of sp³-hybridized carbons (Fsp3) is 0.200. The molecular weight excluding hydrogens is 329 g/mol. The Morgan fingerprint density at radius 3 is 2.58 bits per heavy atom. The number of nitrogens with one attached hydrogen (secondary N) is 1. The number of rotatable bonds is 4. The van der Waals surface area contributed by atoms with Crippen LogP contribution in [0.3, 0.4) is 0 Å². The van der Waals surface area contributed by atoms with E-state index in [0.29, 0.717) is 6.54 Å². The van der Waals surface area contributed by atoms with E-state index in [0.717, 1.165) is 10.0 Å². The van der Waals surface area contributed by atoms with E-state index in [4.69, 9.17) is 11.6 Å². The minimum atomic E-state index is -0.378. The van der Waals surface area contributed by atoms with Gasteiger partial charge in [0.15, 0.2) is 0 Å². The minimum absolute atomic E-state index is 0.174. The molecule has 2 aromatic carbocycles. The van der Waals surface area contributed by atoms with E-state index >= 15 is 0 Å². The largest absolute Gasteiger partial charge is 0.306 e. The molecule has 2 rings (SSSR count). The molecule has 0 bridgehead atoms. The summed E-state index contributed by atoms with van der Waals surface area (Å²) in [7, 11) is 0. The molecule has 1 nitrogen and oxygen atoms in total. The second-order valence-electron chi connectivity index (χ2n) is 4.37. The van der Waals surface area contributed by atoms with Crippen molar-refractivity contribution in [1.82, 2.24) is 5.32 Å². The Morgan fingerprint density at radius 1 is 1.21 bits per heavy atom. The van der Waals surface area contributed by atoms with Crippen molar-refractivity contribution in [1.29, 1.82) is 0 Å². The molecule has 1 N–H and O–H groups in total. The molecule has 0 fully saturated rings. The Morgan fingerprint density at radius 2 is 1.89 bits per heavy atom. The molecule has 1 atom stereocenters. The zero-order valence-electron chi connectivity index (χ0n) is 10.5. The Labute approximate surface area is 125 Å². The van der Waals surface area contributed by atoms with E-state index in [9.17, 15) is 4.39 Å². The number of hydrogen-bond donors (Lipinski definition) is 1. The summed E-state index contributed by atoms with van der Waals surface area (Å²) in [6, 6.07) is 13.1. The summed E-state index contributed by atoms with van der Waals surface area (Å²) >= 11 is 9.33. The van der Waals surface area contributed by atoms with E-state index in [1.807, 2.05) is 18.2 Å². The van der Waals surface area contributed by atoms with Gasteiger partial charge >= 0.3 is 0 Å². The highest BCUT2D eigenvalue weighted by Gasteiger charge is 2.08. The number of benzene rings is 2. The van der Waals surface area contributed by atoms with Gasteiger partial charge in [0, 0.05) is 17.1 Å². The molecule has 0 aliphatic carbocycles. The van der Waals surface area contributed by atoms with Crippen molar-refractivity contribution in [2.24, 2.45) is 0 Å². The molecule has 19 heavy (non-hydrogen) atoms. The van der Waals surface area contributed by atoms with Crippen LogP contribution in [0.1, 0.15) is 24.1 Å². The Bertz CT molecular complexity index is 557. The van der Waals surface area contributed by atoms with Crippen molar-refractivity contribution in [2.75, 3.05) is 0 Å². The molecule has 0 saturated heterocycles. The SMILES string of the molecule is CC(NCc1cccc(F)c1Cl)c1ccc(Br)cc1. The van der Waals surface area contributed by atoms with Gasteiger partial charge in [0.25, 0.3) is 0 Å². The molecule has 0 saturated carbocycles. The van der Waals surface area contributed by atoms with E-state index in [-0.39, 0.29) is 16.9 Å². The highest BCUT2D eigenvalue weighted by Crippen LogP contribution is 2.21. The zero-order valence-corrected chi connectivity index (χ0v) is 12.8. The van der Waals surface area contributed by atoms with Crippen molar-refractivity contribution < 1.29 is 4.39 Å². The highest BCUT2D eigenvalue weighted by atomic mass is 79.9. The average Bonchev–Trinajstić information content (AvgIpc) is 2.41. The average molecular weight is 343 g/mol. The molecule has 0 aliphatic heterocycles. The molecule has 100 valence electrons. The van der Waals surface area contributed by atoms with Gasteiger partial charge in [-0.3, -0.25) is 0 Å². The van der Waals surface area contributed by atoms with Gasteiger partial charge in [-0.05, 0) is 36.2 Å². The lowest BCUT2D eigenvalue weighted by Crippen LogP contribution is -2.18. The highest BCUT2D eigenvalue weighted by molar-refractivity contribution is 9.10. The second-order valence-corrected chi connectivity index (χ2v) is 5.66. The third kappa shape index (κ3) is 3.78. The second kappa shape index (κ2) is 6.51. The summed E-state index contributed by atoms with van der Waals surface area (Å²) in [6.07, 6.45) is 0. The third-order valence-corrected chi connectivity index (χ3v) is 3.95. The molecular formula is C15H14BrClFN. The lowest BCUT2D eigenvalue weighted by Gasteiger charge is -2.15. The predicted molar refractivity (Wildman–Crippen MR) is 80.8 cm³/mol. The van der Waals surface area contributed by atoms with Crippen LogP contribution in [0.4, 0.5) is 4.39 Å². The maximum atomic E-state index is 13.3. The summed E-state index contributed by atoms with van der Waals surface area (Å²) < 4.78 is 14.4. The topological polar surface area (TPSA) is 12.0 Å². The Balaban J connectivity index is 2.02. The van der Waals surface area contributed by atoms with E-state index in [1.54, 1.807) is 6.07 Å². The predicted octanol–water partition coefficient (Wildman–Crippen LogP) is 5.09. The lowest BCUT2D eigenvalue weighted by atomic mass is 10.1. The third-order valence-electron chi connectivity index (χ3n) is 3.00. The summed E-state index contributed by atoms with van der Waals surface area (Å²) in [4.78, 5) is 0. The van der Waals surface area contributed by atoms with Crippen molar-refractivity contribution in [3.63, 3.8) is 0 Å². The molecule has 0 radical (unpaired) electrons. The van der Waals surface area contributed by atoms with Gasteiger partial charge in [0.2, 0.25) is 0 Å². The molecule has 0 heterocycles. The van der Waals surface area contributed by atoms with Crippen LogP contribution in [-0.2, 0) is 6.54 Å². The zero-order chi connectivity index (χ0) is 13.8. The van der Waals surface area contributed by atoms with Gasteiger partial charge in [-0.2, -0.15) is 0 Å². The van der Waals surface area contributed by atoms with Gasteiger partial charge < -0.3 is 5.32 Å². The quantitative estimate of drug-likeness (QED) is 0.816. The smallest absolute Gasteiger partial charge is 0.142 e. The lowest BCUT2D eigenvalue weighted by molar-refractivity contribution is 0.569. The molecule has 0 aromatic heterocycles. The first-order valence-corrected chi connectivity index (χ1v) is 7.17. The van der Waals surface area contributed by atoms with Crippen LogP contribution in [0, 0.1) is 5.82 Å². The van der Waals surface area contributed by atoms with Crippen LogP contribution >= 0.6 is 27.5 Å². The van der Waals surface area contributed by atoms with E-state index in [1.165, 1.54) is 11.6 Å². The normalized spacial score (nSPS) is 12.4. The molecule has 0 aliphatic rings. The van der Waals surface area contributed by atoms with Crippen LogP contribution in [0.2, 0.25) is 5.02 Å². The molecule has 0 spiro atoms. The summed E-state index contributed by atoms with van der Waals surface area (Å²) in [5.74, 6) is -0.378. The standard InChI is InChI=1S/C15H14BrClFN/c1-10(11-5-7-13(16)8-6-11)19-9-12-3-2-4-14(18)15(12)17/h2-8,10,19H,9H2,1H3.